The van der Waals surface area contributed by atoms with Crippen LogP contribution in [0.5, 0.6) is 0 Å². The van der Waals surface area contributed by atoms with Crippen molar-refractivity contribution in [1.29, 1.82) is 0 Å². The van der Waals surface area contributed by atoms with Crippen LogP contribution < -0.4 is 0 Å². The lowest BCUT2D eigenvalue weighted by atomic mass is 10.1. The van der Waals surface area contributed by atoms with Gasteiger partial charge in [-0.15, -0.1) is 12.6 Å². The van der Waals surface area contributed by atoms with Crippen LogP contribution in [0.1, 0.15) is 5.56 Å². The Kier molecular flexibility index (Phi) is 2.85. The second-order valence-corrected chi connectivity index (χ2v) is 3.82. The van der Waals surface area contributed by atoms with E-state index in [0.717, 1.165) is 10.5 Å². The van der Waals surface area contributed by atoms with Gasteiger partial charge in [0.2, 0.25) is 0 Å². The van der Waals surface area contributed by atoms with Crippen molar-refractivity contribution in [2.45, 2.75) is 0 Å². The highest BCUT2D eigenvalue weighted by Crippen LogP contribution is 2.23. The molecule has 0 radical (unpaired) electrons. The van der Waals surface area contributed by atoms with Crippen LogP contribution in [0.2, 0.25) is 0 Å². The first-order valence-corrected chi connectivity index (χ1v) is 5.30. The van der Waals surface area contributed by atoms with Crippen molar-refractivity contribution in [2.75, 3.05) is 0 Å². The summed E-state index contributed by atoms with van der Waals surface area (Å²) in [6, 6.07) is 14.5. The van der Waals surface area contributed by atoms with Crippen LogP contribution in [-0.2, 0) is 0 Å². The third-order valence-corrected chi connectivity index (χ3v) is 3.02. The summed E-state index contributed by atoms with van der Waals surface area (Å²) in [5.74, 6) is 0. The summed E-state index contributed by atoms with van der Waals surface area (Å²) in [4.78, 5) is 0.888. The zero-order valence-corrected chi connectivity index (χ0v) is 9.30. The lowest BCUT2D eigenvalue weighted by Crippen LogP contribution is -1.77. The summed E-state index contributed by atoms with van der Waals surface area (Å²) in [5.41, 5.74) is 1.10. The van der Waals surface area contributed by atoms with E-state index in [0.29, 0.717) is 0 Å². The fourth-order valence-corrected chi connectivity index (χ4v) is 1.71. The summed E-state index contributed by atoms with van der Waals surface area (Å²) < 4.78 is 0. The molecule has 2 aromatic carbocycles. The Labute approximate surface area is 94.5 Å². The first kappa shape index (κ1) is 9.69. The van der Waals surface area contributed by atoms with Crippen LogP contribution in [0.4, 0.5) is 0 Å². The van der Waals surface area contributed by atoms with E-state index in [1.807, 2.05) is 12.1 Å². The zero-order valence-electron chi connectivity index (χ0n) is 7.51. The molecule has 0 aliphatic carbocycles. The summed E-state index contributed by atoms with van der Waals surface area (Å²) >= 11 is 8.41. The summed E-state index contributed by atoms with van der Waals surface area (Å²) in [6.07, 6.45) is 0. The van der Waals surface area contributed by atoms with E-state index in [9.17, 15) is 0 Å². The van der Waals surface area contributed by atoms with Crippen molar-refractivity contribution in [1.82, 2.24) is 0 Å². The molecule has 0 aromatic heterocycles. The summed E-state index contributed by atoms with van der Waals surface area (Å²) in [7, 11) is 0. The van der Waals surface area contributed by atoms with Gasteiger partial charge in [0.1, 0.15) is 0 Å². The van der Waals surface area contributed by atoms with E-state index in [1.54, 1.807) is 5.41 Å². The summed E-state index contributed by atoms with van der Waals surface area (Å²) in [6.45, 7) is 0. The van der Waals surface area contributed by atoms with E-state index in [2.05, 4.69) is 55.6 Å². The minimum atomic E-state index is 0.888. The number of thiol groups is 2. The van der Waals surface area contributed by atoms with Crippen molar-refractivity contribution in [3.05, 3.63) is 53.4 Å². The maximum absolute atomic E-state index is 4.33. The first-order chi connectivity index (χ1) is 6.81. The number of fused-ring (bicyclic) bond motifs is 1. The highest BCUT2D eigenvalue weighted by Gasteiger charge is 1.97. The first-order valence-electron chi connectivity index (χ1n) is 4.34. The fourth-order valence-electron chi connectivity index (χ4n) is 1.42. The van der Waals surface area contributed by atoms with Gasteiger partial charge in [0.05, 0.1) is 0 Å². The zero-order chi connectivity index (χ0) is 9.97. The number of hydrogen-bond donors (Lipinski definition) is 2. The van der Waals surface area contributed by atoms with Crippen molar-refractivity contribution in [2.24, 2.45) is 0 Å². The van der Waals surface area contributed by atoms with Crippen LogP contribution in [-0.4, -0.2) is 0 Å². The Balaban J connectivity index is 2.62. The van der Waals surface area contributed by atoms with E-state index in [4.69, 9.17) is 0 Å². The molecule has 0 aliphatic rings. The van der Waals surface area contributed by atoms with Gasteiger partial charge in [0, 0.05) is 4.91 Å². The van der Waals surface area contributed by atoms with Gasteiger partial charge in [0.25, 0.3) is 0 Å². The van der Waals surface area contributed by atoms with Gasteiger partial charge in [-0.25, -0.2) is 0 Å². The second-order valence-electron chi connectivity index (χ2n) is 3.08. The largest absolute Gasteiger partial charge is 0.150 e. The van der Waals surface area contributed by atoms with Gasteiger partial charge in [-0.05, 0) is 27.8 Å². The quantitative estimate of drug-likeness (QED) is 0.664. The van der Waals surface area contributed by atoms with Crippen LogP contribution in [0, 0.1) is 0 Å². The Morgan fingerprint density at radius 1 is 1.00 bits per heavy atom. The monoisotopic (exact) mass is 218 g/mol. The molecule has 0 unspecified atom stereocenters. The van der Waals surface area contributed by atoms with Crippen LogP contribution >= 0.6 is 25.3 Å². The lowest BCUT2D eigenvalue weighted by Gasteiger charge is -2.02. The molecule has 0 saturated heterocycles. The highest BCUT2D eigenvalue weighted by atomic mass is 32.1. The highest BCUT2D eigenvalue weighted by molar-refractivity contribution is 7.92. The lowest BCUT2D eigenvalue weighted by molar-refractivity contribution is 1.70. The Hall–Kier alpha value is -0.860. The molecule has 2 aromatic rings. The number of hydrogen-bond acceptors (Lipinski definition) is 2. The van der Waals surface area contributed by atoms with Crippen molar-refractivity contribution in [3.63, 3.8) is 0 Å². The average Bonchev–Trinajstić information content (AvgIpc) is 2.27. The molecule has 0 heterocycles. The van der Waals surface area contributed by atoms with Crippen molar-refractivity contribution in [3.8, 4) is 0 Å². The van der Waals surface area contributed by atoms with Gasteiger partial charge < -0.3 is 0 Å². The second kappa shape index (κ2) is 4.11. The predicted octanol–water partition coefficient (Wildman–Crippen LogP) is 4.00. The minimum absolute atomic E-state index is 0.888. The van der Waals surface area contributed by atoms with Crippen LogP contribution in [0.3, 0.4) is 0 Å². The molecule has 0 bridgehead atoms. The maximum atomic E-state index is 4.33. The molecule has 0 nitrogen and oxygen atoms in total. The molecule has 0 atom stereocenters. The number of rotatable bonds is 1. The maximum Gasteiger partial charge on any atom is 0.0173 e. The van der Waals surface area contributed by atoms with Gasteiger partial charge in [-0.3, -0.25) is 0 Å². The van der Waals surface area contributed by atoms with Crippen LogP contribution in [0.25, 0.3) is 15.7 Å². The van der Waals surface area contributed by atoms with E-state index in [1.165, 1.54) is 10.8 Å². The SMILES string of the molecule is SC=C(S)c1ccc2ccccc2c1. The molecule has 0 saturated carbocycles. The Morgan fingerprint density at radius 2 is 1.71 bits per heavy atom. The van der Waals surface area contributed by atoms with E-state index >= 15 is 0 Å². The molecular formula is C12H10S2. The molecule has 0 amide bonds. The average molecular weight is 218 g/mol. The van der Waals surface area contributed by atoms with E-state index in [-0.39, 0.29) is 0 Å². The number of benzene rings is 2. The summed E-state index contributed by atoms with van der Waals surface area (Å²) in [5, 5.41) is 4.18. The van der Waals surface area contributed by atoms with Gasteiger partial charge in [0.15, 0.2) is 0 Å². The third kappa shape index (κ3) is 1.81. The van der Waals surface area contributed by atoms with Gasteiger partial charge in [-0.1, -0.05) is 36.4 Å². The standard InChI is InChI=1S/C12H10S2/c13-8-12(14)11-6-5-9-3-1-2-4-10(9)7-11/h1-8,13-14H. The molecule has 0 N–H and O–H groups in total. The molecule has 0 aliphatic heterocycles. The van der Waals surface area contributed by atoms with Crippen molar-refractivity contribution < 1.29 is 0 Å². The molecule has 0 spiro atoms. The molecule has 14 heavy (non-hydrogen) atoms. The van der Waals surface area contributed by atoms with E-state index < -0.39 is 0 Å². The Morgan fingerprint density at radius 3 is 2.43 bits per heavy atom. The van der Waals surface area contributed by atoms with Gasteiger partial charge >= 0.3 is 0 Å². The van der Waals surface area contributed by atoms with Crippen LogP contribution in [0.15, 0.2) is 47.9 Å². The molecule has 70 valence electrons. The topological polar surface area (TPSA) is 0 Å². The van der Waals surface area contributed by atoms with Gasteiger partial charge in [-0.2, -0.15) is 12.6 Å². The Bertz CT molecular complexity index is 486. The molecular weight excluding hydrogens is 208 g/mol. The minimum Gasteiger partial charge on any atom is -0.150 e. The fraction of sp³-hybridized carbons (Fsp3) is 0. The predicted molar refractivity (Wildman–Crippen MR) is 69.9 cm³/mol. The molecule has 0 fully saturated rings. The third-order valence-electron chi connectivity index (χ3n) is 2.17. The van der Waals surface area contributed by atoms with Crippen molar-refractivity contribution >= 4 is 40.9 Å². The molecule has 2 rings (SSSR count). The normalized spacial score (nSPS) is 12.0. The smallest absolute Gasteiger partial charge is 0.0173 e. The molecule has 2 heteroatoms.